The van der Waals surface area contributed by atoms with Gasteiger partial charge in [0.15, 0.2) is 0 Å². The van der Waals surface area contributed by atoms with Gasteiger partial charge in [0.2, 0.25) is 15.9 Å². The first kappa shape index (κ1) is 22.9. The van der Waals surface area contributed by atoms with E-state index in [1.165, 1.54) is 7.05 Å². The lowest BCUT2D eigenvalue weighted by Gasteiger charge is -2.33. The Morgan fingerprint density at radius 2 is 1.87 bits per heavy atom. The number of sulfonamides is 1. The van der Waals surface area contributed by atoms with E-state index in [4.69, 9.17) is 11.6 Å². The number of nitrogens with zero attached hydrogens (tertiary/aromatic N) is 1. The van der Waals surface area contributed by atoms with Gasteiger partial charge in [0.25, 0.3) is 5.91 Å². The van der Waals surface area contributed by atoms with Crippen molar-refractivity contribution in [3.05, 3.63) is 59.2 Å². The fourth-order valence-corrected chi connectivity index (χ4v) is 4.62. The Kier molecular flexibility index (Phi) is 6.19. The number of rotatable bonds is 4. The molecule has 2 aromatic rings. The molecular weight excluding hydrogens is 459 g/mol. The molecule has 0 saturated heterocycles. The van der Waals surface area contributed by atoms with Crippen LogP contribution >= 0.6 is 11.6 Å². The maximum absolute atomic E-state index is 13.3. The maximum Gasteiger partial charge on any atom is 0.416 e. The lowest BCUT2D eigenvalue weighted by atomic mass is 10.0. The Bertz CT molecular complexity index is 1140. The molecule has 0 fully saturated rings. The summed E-state index contributed by atoms with van der Waals surface area (Å²) in [6, 6.07) is 7.88. The average molecular weight is 476 g/mol. The van der Waals surface area contributed by atoms with Crippen LogP contribution in [-0.2, 0) is 21.0 Å². The number of nitrogens with one attached hydrogen (secondary N) is 2. The van der Waals surface area contributed by atoms with Gasteiger partial charge in [-0.15, -0.1) is 11.6 Å². The summed E-state index contributed by atoms with van der Waals surface area (Å²) in [4.78, 5) is 24.3. The number of alkyl halides is 4. The molecule has 31 heavy (non-hydrogen) atoms. The fraction of sp³-hybridized carbons (Fsp3) is 0.263. The van der Waals surface area contributed by atoms with Gasteiger partial charge in [-0.1, -0.05) is 18.2 Å². The number of hydrogen-bond donors (Lipinski definition) is 2. The van der Waals surface area contributed by atoms with Gasteiger partial charge < -0.3 is 10.6 Å². The predicted octanol–water partition coefficient (Wildman–Crippen LogP) is 3.13. The van der Waals surface area contributed by atoms with Crippen molar-refractivity contribution in [2.45, 2.75) is 12.2 Å². The third kappa shape index (κ3) is 4.93. The van der Waals surface area contributed by atoms with E-state index >= 15 is 0 Å². The zero-order valence-electron chi connectivity index (χ0n) is 16.0. The predicted molar refractivity (Wildman–Crippen MR) is 110 cm³/mol. The highest BCUT2D eigenvalue weighted by atomic mass is 35.5. The largest absolute Gasteiger partial charge is 0.416 e. The van der Waals surface area contributed by atoms with Crippen LogP contribution in [0.4, 0.5) is 24.5 Å². The molecule has 0 spiro atoms. The van der Waals surface area contributed by atoms with Crippen LogP contribution in [-0.4, -0.2) is 38.9 Å². The minimum Gasteiger partial charge on any atom is -0.344 e. The lowest BCUT2D eigenvalue weighted by molar-refractivity contribution is -0.137. The fourth-order valence-electron chi connectivity index (χ4n) is 3.18. The van der Waals surface area contributed by atoms with Crippen LogP contribution in [0, 0.1) is 0 Å². The standard InChI is InChI=1S/C19H17ClF3N3O4S/c1-26-16-5-3-2-4-14(16)15(10-31(26,29)30)25-18(28)11-6-12(19(21,22)23)8-13(7-11)24-17(27)9-20/h2-8,15H,9-10H2,1H3,(H,24,27)(H,25,28). The van der Waals surface area contributed by atoms with Crippen LogP contribution in [0.15, 0.2) is 42.5 Å². The monoisotopic (exact) mass is 475 g/mol. The molecule has 0 radical (unpaired) electrons. The first-order valence-electron chi connectivity index (χ1n) is 8.87. The zero-order valence-corrected chi connectivity index (χ0v) is 17.6. The third-order valence-corrected chi connectivity index (χ3v) is 6.71. The number of carbonyl (C=O) groups is 2. The van der Waals surface area contributed by atoms with E-state index in [1.54, 1.807) is 24.3 Å². The smallest absolute Gasteiger partial charge is 0.344 e. The van der Waals surface area contributed by atoms with Crippen molar-refractivity contribution in [2.75, 3.05) is 28.3 Å². The van der Waals surface area contributed by atoms with Gasteiger partial charge in [0, 0.05) is 18.3 Å². The summed E-state index contributed by atoms with van der Waals surface area (Å²) in [6.45, 7) is 0. The van der Waals surface area contributed by atoms with Crippen molar-refractivity contribution in [1.29, 1.82) is 0 Å². The molecule has 1 aliphatic rings. The minimum atomic E-state index is -4.78. The van der Waals surface area contributed by atoms with Gasteiger partial charge in [-0.3, -0.25) is 13.9 Å². The van der Waals surface area contributed by atoms with Crippen molar-refractivity contribution < 1.29 is 31.2 Å². The summed E-state index contributed by atoms with van der Waals surface area (Å²) in [5, 5.41) is 4.67. The molecule has 1 atom stereocenters. The first-order chi connectivity index (χ1) is 14.4. The molecule has 12 heteroatoms. The number of para-hydroxylation sites is 1. The quantitative estimate of drug-likeness (QED) is 0.664. The van der Waals surface area contributed by atoms with E-state index in [0.29, 0.717) is 23.4 Å². The van der Waals surface area contributed by atoms with E-state index in [2.05, 4.69) is 10.6 Å². The van der Waals surface area contributed by atoms with Gasteiger partial charge >= 0.3 is 6.18 Å². The summed E-state index contributed by atoms with van der Waals surface area (Å²) in [5.41, 5.74) is -0.939. The summed E-state index contributed by atoms with van der Waals surface area (Å²) in [7, 11) is -2.36. The Morgan fingerprint density at radius 3 is 2.52 bits per heavy atom. The second kappa shape index (κ2) is 8.39. The van der Waals surface area contributed by atoms with Gasteiger partial charge in [0.1, 0.15) is 5.88 Å². The van der Waals surface area contributed by atoms with Crippen molar-refractivity contribution in [3.63, 3.8) is 0 Å². The highest BCUT2D eigenvalue weighted by Crippen LogP contribution is 2.35. The number of hydrogen-bond acceptors (Lipinski definition) is 4. The molecule has 1 heterocycles. The van der Waals surface area contributed by atoms with Crippen molar-refractivity contribution in [1.82, 2.24) is 5.32 Å². The van der Waals surface area contributed by atoms with Crippen LogP contribution in [0.25, 0.3) is 0 Å². The molecule has 7 nitrogen and oxygen atoms in total. The van der Waals surface area contributed by atoms with Gasteiger partial charge in [-0.2, -0.15) is 13.2 Å². The van der Waals surface area contributed by atoms with E-state index < -0.39 is 56.8 Å². The summed E-state index contributed by atoms with van der Waals surface area (Å²) >= 11 is 5.37. The Morgan fingerprint density at radius 1 is 1.19 bits per heavy atom. The molecule has 1 unspecified atom stereocenters. The van der Waals surface area contributed by atoms with Gasteiger partial charge in [0.05, 0.1) is 23.0 Å². The van der Waals surface area contributed by atoms with Crippen LogP contribution in [0.1, 0.15) is 27.5 Å². The SMILES string of the molecule is CN1c2ccccc2C(NC(=O)c2cc(NC(=O)CCl)cc(C(F)(F)F)c2)CS1(=O)=O. The number of carbonyl (C=O) groups excluding carboxylic acids is 2. The molecule has 0 saturated carbocycles. The number of halogens is 4. The van der Waals surface area contributed by atoms with E-state index in [0.717, 1.165) is 10.4 Å². The summed E-state index contributed by atoms with van der Waals surface area (Å²) < 4.78 is 65.8. The Hall–Kier alpha value is -2.79. The second-order valence-corrected chi connectivity index (χ2v) is 9.12. The molecule has 1 aliphatic heterocycles. The molecule has 0 aliphatic carbocycles. The molecule has 0 aromatic heterocycles. The number of benzene rings is 2. The Labute approximate surface area is 181 Å². The molecule has 166 valence electrons. The zero-order chi connectivity index (χ0) is 23.0. The molecular formula is C19H17ClF3N3O4S. The second-order valence-electron chi connectivity index (χ2n) is 6.81. The molecule has 2 N–H and O–H groups in total. The highest BCUT2D eigenvalue weighted by Gasteiger charge is 2.35. The van der Waals surface area contributed by atoms with Crippen LogP contribution < -0.4 is 14.9 Å². The molecule has 2 aromatic carbocycles. The summed E-state index contributed by atoms with van der Waals surface area (Å²) in [6.07, 6.45) is -4.78. The van der Waals surface area contributed by atoms with Crippen LogP contribution in [0.3, 0.4) is 0 Å². The molecule has 3 rings (SSSR count). The van der Waals surface area contributed by atoms with Gasteiger partial charge in [-0.25, -0.2) is 8.42 Å². The van der Waals surface area contributed by atoms with Crippen molar-refractivity contribution in [2.24, 2.45) is 0 Å². The Balaban J connectivity index is 1.97. The third-order valence-electron chi connectivity index (χ3n) is 4.68. The maximum atomic E-state index is 13.3. The number of fused-ring (bicyclic) bond motifs is 1. The first-order valence-corrected chi connectivity index (χ1v) is 11.0. The minimum absolute atomic E-state index is 0.262. The lowest BCUT2D eigenvalue weighted by Crippen LogP contribution is -2.43. The van der Waals surface area contributed by atoms with Crippen LogP contribution in [0.5, 0.6) is 0 Å². The topological polar surface area (TPSA) is 95.6 Å². The van der Waals surface area contributed by atoms with E-state index in [9.17, 15) is 31.2 Å². The molecule has 2 amide bonds. The number of amides is 2. The molecule has 0 bridgehead atoms. The highest BCUT2D eigenvalue weighted by molar-refractivity contribution is 7.92. The normalized spacial score (nSPS) is 17.6. The van der Waals surface area contributed by atoms with Crippen LogP contribution in [0.2, 0.25) is 0 Å². The van der Waals surface area contributed by atoms with E-state index in [-0.39, 0.29) is 5.69 Å². The van der Waals surface area contributed by atoms with Gasteiger partial charge in [-0.05, 0) is 29.8 Å². The summed E-state index contributed by atoms with van der Waals surface area (Å²) in [5.74, 6) is -2.61. The number of anilines is 2. The average Bonchev–Trinajstić information content (AvgIpc) is 2.70. The van der Waals surface area contributed by atoms with Crippen molar-refractivity contribution in [3.8, 4) is 0 Å². The van der Waals surface area contributed by atoms with E-state index in [1.807, 2.05) is 0 Å². The van der Waals surface area contributed by atoms with Crippen molar-refractivity contribution >= 4 is 44.8 Å².